The topological polar surface area (TPSA) is 72.2 Å². The van der Waals surface area contributed by atoms with E-state index in [-0.39, 0.29) is 11.3 Å². The number of nitrogens with one attached hydrogen (secondary N) is 1. The van der Waals surface area contributed by atoms with Crippen LogP contribution in [0.2, 0.25) is 0 Å². The molecule has 0 aromatic carbocycles. The molecule has 0 rings (SSSR count). The summed E-state index contributed by atoms with van der Waals surface area (Å²) in [7, 11) is 0. The molecule has 3 N–H and O–H groups in total. The zero-order chi connectivity index (χ0) is 14.3. The van der Waals surface area contributed by atoms with E-state index < -0.39 is 17.7 Å². The summed E-state index contributed by atoms with van der Waals surface area (Å²) in [5.74, 6) is -1.37. The maximum atomic E-state index is 12.2. The number of hydrogen-bond acceptors (Lipinski definition) is 2. The van der Waals surface area contributed by atoms with Gasteiger partial charge in [-0.1, -0.05) is 26.8 Å². The molecule has 0 radical (unpaired) electrons. The van der Waals surface area contributed by atoms with Crippen LogP contribution < -0.4 is 11.1 Å². The highest BCUT2D eigenvalue weighted by molar-refractivity contribution is 5.87. The lowest BCUT2D eigenvalue weighted by Gasteiger charge is -2.34. The van der Waals surface area contributed by atoms with Gasteiger partial charge in [0, 0.05) is 6.54 Å². The third kappa shape index (κ3) is 4.90. The van der Waals surface area contributed by atoms with Gasteiger partial charge in [0.1, 0.15) is 0 Å². The van der Waals surface area contributed by atoms with Crippen LogP contribution in [0.15, 0.2) is 12.7 Å². The molecule has 0 saturated carbocycles. The second-order valence-corrected chi connectivity index (χ2v) is 5.61. The van der Waals surface area contributed by atoms with Crippen molar-refractivity contribution in [3.63, 3.8) is 0 Å². The summed E-state index contributed by atoms with van der Waals surface area (Å²) < 4.78 is 0. The fourth-order valence-corrected chi connectivity index (χ4v) is 2.23. The van der Waals surface area contributed by atoms with Crippen molar-refractivity contribution < 1.29 is 9.59 Å². The zero-order valence-corrected chi connectivity index (χ0v) is 12.0. The largest absolute Gasteiger partial charge is 0.369 e. The predicted octanol–water partition coefficient (Wildman–Crippen LogP) is 1.85. The fraction of sp³-hybridized carbons (Fsp3) is 0.714. The lowest BCUT2D eigenvalue weighted by Crippen LogP contribution is -2.46. The lowest BCUT2D eigenvalue weighted by molar-refractivity contribution is -0.137. The Bertz CT molecular complexity index is 305. The standard InChI is InChI=1S/C14H26N2O2/c1-6-8-9-10(12(15)17)11(14(3,4)5)13(18)16-7-2/h6,10-11H,1,7-9H2,2-5H3,(H2,15,17)(H,16,18)/t10-,11+/m0/s1. The second-order valence-electron chi connectivity index (χ2n) is 5.61. The lowest BCUT2D eigenvalue weighted by atomic mass is 9.70. The maximum absolute atomic E-state index is 12.2. The van der Waals surface area contributed by atoms with Crippen molar-refractivity contribution >= 4 is 11.8 Å². The average molecular weight is 254 g/mol. The highest BCUT2D eigenvalue weighted by Crippen LogP contribution is 2.34. The van der Waals surface area contributed by atoms with Crippen LogP contribution in [0.4, 0.5) is 0 Å². The van der Waals surface area contributed by atoms with Gasteiger partial charge in [0.2, 0.25) is 11.8 Å². The van der Waals surface area contributed by atoms with Crippen LogP contribution in [-0.4, -0.2) is 18.4 Å². The first kappa shape index (κ1) is 16.7. The molecule has 0 aliphatic heterocycles. The van der Waals surface area contributed by atoms with E-state index in [2.05, 4.69) is 11.9 Å². The van der Waals surface area contributed by atoms with Crippen LogP contribution in [0.25, 0.3) is 0 Å². The molecular weight excluding hydrogens is 228 g/mol. The Balaban J connectivity index is 5.16. The SMILES string of the molecule is C=CCC[C@H](C(N)=O)[C@H](C(=O)NCC)C(C)(C)C. The summed E-state index contributed by atoms with van der Waals surface area (Å²) in [6.07, 6.45) is 2.99. The molecule has 104 valence electrons. The Morgan fingerprint density at radius 2 is 1.94 bits per heavy atom. The van der Waals surface area contributed by atoms with E-state index >= 15 is 0 Å². The molecule has 0 unspecified atom stereocenters. The fourth-order valence-electron chi connectivity index (χ4n) is 2.23. The van der Waals surface area contributed by atoms with Crippen molar-refractivity contribution in [1.82, 2.24) is 5.32 Å². The van der Waals surface area contributed by atoms with E-state index in [0.29, 0.717) is 19.4 Å². The van der Waals surface area contributed by atoms with E-state index in [1.54, 1.807) is 6.08 Å². The number of carbonyl (C=O) groups is 2. The van der Waals surface area contributed by atoms with E-state index in [4.69, 9.17) is 5.73 Å². The molecule has 0 aliphatic rings. The molecule has 18 heavy (non-hydrogen) atoms. The van der Waals surface area contributed by atoms with Crippen molar-refractivity contribution in [2.45, 2.75) is 40.5 Å². The first-order chi connectivity index (χ1) is 8.25. The Kier molecular flexibility index (Phi) is 6.66. The Hall–Kier alpha value is -1.32. The van der Waals surface area contributed by atoms with Gasteiger partial charge in [-0.3, -0.25) is 9.59 Å². The number of rotatable bonds is 7. The van der Waals surface area contributed by atoms with Crippen molar-refractivity contribution in [2.24, 2.45) is 23.0 Å². The molecule has 2 atom stereocenters. The van der Waals surface area contributed by atoms with Gasteiger partial charge in [-0.05, 0) is 25.2 Å². The molecule has 4 nitrogen and oxygen atoms in total. The summed E-state index contributed by atoms with van der Waals surface area (Å²) in [6, 6.07) is 0. The van der Waals surface area contributed by atoms with Crippen LogP contribution in [0.5, 0.6) is 0 Å². The molecule has 0 saturated heterocycles. The number of hydrogen-bond donors (Lipinski definition) is 2. The summed E-state index contributed by atoms with van der Waals surface area (Å²) >= 11 is 0. The summed E-state index contributed by atoms with van der Waals surface area (Å²) in [5, 5.41) is 2.79. The van der Waals surface area contributed by atoms with Crippen LogP contribution in [0.3, 0.4) is 0 Å². The molecule has 0 aromatic heterocycles. The number of allylic oxidation sites excluding steroid dienone is 1. The molecule has 0 spiro atoms. The first-order valence-electron chi connectivity index (χ1n) is 6.43. The number of carbonyl (C=O) groups excluding carboxylic acids is 2. The van der Waals surface area contributed by atoms with Crippen LogP contribution in [0.1, 0.15) is 40.5 Å². The predicted molar refractivity (Wildman–Crippen MR) is 73.7 cm³/mol. The molecule has 4 heteroatoms. The van der Waals surface area contributed by atoms with Crippen LogP contribution in [-0.2, 0) is 9.59 Å². The number of primary amides is 1. The highest BCUT2D eigenvalue weighted by Gasteiger charge is 2.40. The van der Waals surface area contributed by atoms with Gasteiger partial charge in [-0.2, -0.15) is 0 Å². The molecular formula is C14H26N2O2. The minimum absolute atomic E-state index is 0.0992. The molecule has 0 bridgehead atoms. The van der Waals surface area contributed by atoms with Gasteiger partial charge < -0.3 is 11.1 Å². The van der Waals surface area contributed by atoms with Crippen LogP contribution >= 0.6 is 0 Å². The molecule has 0 fully saturated rings. The van der Waals surface area contributed by atoms with Gasteiger partial charge in [-0.25, -0.2) is 0 Å². The number of amides is 2. The summed E-state index contributed by atoms with van der Waals surface area (Å²) in [5.41, 5.74) is 5.15. The smallest absolute Gasteiger partial charge is 0.224 e. The van der Waals surface area contributed by atoms with Crippen molar-refractivity contribution in [3.05, 3.63) is 12.7 Å². The summed E-state index contributed by atoms with van der Waals surface area (Å²) in [6.45, 7) is 11.9. The van der Waals surface area contributed by atoms with Crippen molar-refractivity contribution in [3.8, 4) is 0 Å². The third-order valence-electron chi connectivity index (χ3n) is 3.02. The van der Waals surface area contributed by atoms with Gasteiger partial charge in [-0.15, -0.1) is 6.58 Å². The Morgan fingerprint density at radius 1 is 1.39 bits per heavy atom. The molecule has 2 amide bonds. The van der Waals surface area contributed by atoms with Gasteiger partial charge in [0.25, 0.3) is 0 Å². The van der Waals surface area contributed by atoms with Crippen LogP contribution in [0, 0.1) is 17.3 Å². The third-order valence-corrected chi connectivity index (χ3v) is 3.02. The molecule has 0 heterocycles. The Morgan fingerprint density at radius 3 is 2.28 bits per heavy atom. The van der Waals surface area contributed by atoms with E-state index in [0.717, 1.165) is 0 Å². The maximum Gasteiger partial charge on any atom is 0.224 e. The quantitative estimate of drug-likeness (QED) is 0.681. The monoisotopic (exact) mass is 254 g/mol. The number of nitrogens with two attached hydrogens (primary N) is 1. The molecule has 0 aromatic rings. The average Bonchev–Trinajstić information content (AvgIpc) is 2.21. The minimum atomic E-state index is -0.449. The first-order valence-corrected chi connectivity index (χ1v) is 6.43. The van der Waals surface area contributed by atoms with Gasteiger partial charge in [0.05, 0.1) is 11.8 Å². The molecule has 0 aliphatic carbocycles. The normalized spacial score (nSPS) is 14.7. The van der Waals surface area contributed by atoms with Crippen molar-refractivity contribution in [2.75, 3.05) is 6.54 Å². The minimum Gasteiger partial charge on any atom is -0.369 e. The second kappa shape index (κ2) is 7.19. The van der Waals surface area contributed by atoms with Gasteiger partial charge >= 0.3 is 0 Å². The van der Waals surface area contributed by atoms with E-state index in [9.17, 15) is 9.59 Å². The zero-order valence-electron chi connectivity index (χ0n) is 12.0. The Labute approximate surface area is 110 Å². The summed E-state index contributed by atoms with van der Waals surface area (Å²) in [4.78, 5) is 23.8. The van der Waals surface area contributed by atoms with Crippen molar-refractivity contribution in [1.29, 1.82) is 0 Å². The van der Waals surface area contributed by atoms with E-state index in [1.165, 1.54) is 0 Å². The highest BCUT2D eigenvalue weighted by atomic mass is 16.2. The van der Waals surface area contributed by atoms with Gasteiger partial charge in [0.15, 0.2) is 0 Å². The van der Waals surface area contributed by atoms with E-state index in [1.807, 2.05) is 27.7 Å².